The number of nitrogens with zero attached hydrogens (tertiary/aromatic N) is 2. The predicted molar refractivity (Wildman–Crippen MR) is 92.7 cm³/mol. The maximum atomic E-state index is 6.19. The summed E-state index contributed by atoms with van der Waals surface area (Å²) in [5.74, 6) is 1.60. The quantitative estimate of drug-likeness (QED) is 0.480. The lowest BCUT2D eigenvalue weighted by Crippen LogP contribution is -3.00. The first-order valence-corrected chi connectivity index (χ1v) is 8.18. The van der Waals surface area contributed by atoms with Crippen LogP contribution in [0, 0.1) is 0 Å². The van der Waals surface area contributed by atoms with Crippen molar-refractivity contribution in [1.29, 1.82) is 0 Å². The molecular formula is C17H17Cl4N3O-2. The Labute approximate surface area is 169 Å². The van der Waals surface area contributed by atoms with E-state index in [9.17, 15) is 0 Å². The van der Waals surface area contributed by atoms with Crippen molar-refractivity contribution < 1.29 is 29.2 Å². The van der Waals surface area contributed by atoms with Crippen molar-refractivity contribution in [3.8, 4) is 11.3 Å². The Hall–Kier alpha value is -1.17. The smallest absolute Gasteiger partial charge is 0.135 e. The number of aromatic nitrogens is 2. The number of halogens is 4. The van der Waals surface area contributed by atoms with Crippen molar-refractivity contribution in [2.45, 2.75) is 19.5 Å². The Balaban J connectivity index is 0.00000156. The fourth-order valence-electron chi connectivity index (χ4n) is 2.32. The van der Waals surface area contributed by atoms with Gasteiger partial charge in [0.1, 0.15) is 11.5 Å². The normalized spacial score (nSPS) is 10.2. The van der Waals surface area contributed by atoms with Crippen LogP contribution in [0.25, 0.3) is 11.3 Å². The highest BCUT2D eigenvalue weighted by Crippen LogP contribution is 2.31. The lowest BCUT2D eigenvalue weighted by Gasteiger charge is -2.04. The van der Waals surface area contributed by atoms with Gasteiger partial charge >= 0.3 is 0 Å². The minimum Gasteiger partial charge on any atom is -1.00 e. The fraction of sp³-hybridized carbons (Fsp3) is 0.235. The largest absolute Gasteiger partial charge is 1.00 e. The molecule has 0 amide bonds. The van der Waals surface area contributed by atoms with Gasteiger partial charge in [-0.05, 0) is 43.3 Å². The standard InChI is InChI=1S/C17H17Cl2N3O.2ClH/c18-13-2-4-16(19)15(10-13)17-5-3-14(23-17)11-20-6-1-8-22-9-7-21-12-22;;/h2-5,7,9-10,12,20H,1,6,8,11H2;2*1H/p-2. The molecule has 0 radical (unpaired) electrons. The second kappa shape index (κ2) is 10.7. The average molecular weight is 421 g/mol. The average Bonchev–Trinajstić information content (AvgIpc) is 3.21. The number of aryl methyl sites for hydroxylation is 1. The summed E-state index contributed by atoms with van der Waals surface area (Å²) in [5.41, 5.74) is 0.811. The first-order chi connectivity index (χ1) is 11.2. The van der Waals surface area contributed by atoms with Gasteiger partial charge in [-0.3, -0.25) is 0 Å². The number of hydrogen-bond donors (Lipinski definition) is 1. The molecule has 3 rings (SSSR count). The molecule has 25 heavy (non-hydrogen) atoms. The Morgan fingerprint density at radius 1 is 1.12 bits per heavy atom. The van der Waals surface area contributed by atoms with Crippen LogP contribution in [-0.4, -0.2) is 16.1 Å². The van der Waals surface area contributed by atoms with E-state index in [-0.39, 0.29) is 24.8 Å². The fourth-order valence-corrected chi connectivity index (χ4v) is 2.70. The Morgan fingerprint density at radius 3 is 2.72 bits per heavy atom. The van der Waals surface area contributed by atoms with Crippen molar-refractivity contribution in [1.82, 2.24) is 14.9 Å². The van der Waals surface area contributed by atoms with Gasteiger partial charge in [0, 0.05) is 29.5 Å². The molecule has 0 aliphatic carbocycles. The molecule has 0 saturated heterocycles. The van der Waals surface area contributed by atoms with Crippen molar-refractivity contribution in [2.24, 2.45) is 0 Å². The third-order valence-corrected chi connectivity index (χ3v) is 4.05. The molecule has 3 aromatic rings. The van der Waals surface area contributed by atoms with Crippen LogP contribution in [-0.2, 0) is 13.1 Å². The van der Waals surface area contributed by atoms with E-state index in [1.54, 1.807) is 18.3 Å². The Bertz CT molecular complexity index is 759. The van der Waals surface area contributed by atoms with Crippen molar-refractivity contribution in [2.75, 3.05) is 6.54 Å². The lowest BCUT2D eigenvalue weighted by molar-refractivity contribution is -0.001000. The predicted octanol–water partition coefficient (Wildman–Crippen LogP) is -1.36. The van der Waals surface area contributed by atoms with Gasteiger partial charge in [0.25, 0.3) is 0 Å². The van der Waals surface area contributed by atoms with E-state index >= 15 is 0 Å². The van der Waals surface area contributed by atoms with Crippen molar-refractivity contribution in [3.05, 3.63) is 64.9 Å². The van der Waals surface area contributed by atoms with Crippen LogP contribution in [0.5, 0.6) is 0 Å². The number of benzene rings is 1. The summed E-state index contributed by atoms with van der Waals surface area (Å²) < 4.78 is 7.90. The van der Waals surface area contributed by atoms with Crippen LogP contribution >= 0.6 is 23.2 Å². The number of nitrogens with one attached hydrogen (secondary N) is 1. The van der Waals surface area contributed by atoms with Gasteiger partial charge in [-0.15, -0.1) is 0 Å². The summed E-state index contributed by atoms with van der Waals surface area (Å²) in [5, 5.41) is 4.64. The van der Waals surface area contributed by atoms with E-state index in [1.807, 2.05) is 30.7 Å². The molecule has 136 valence electrons. The van der Waals surface area contributed by atoms with E-state index in [0.717, 1.165) is 36.6 Å². The number of hydrogen-bond acceptors (Lipinski definition) is 3. The molecule has 1 aromatic carbocycles. The van der Waals surface area contributed by atoms with Crippen LogP contribution in [0.15, 0.2) is 53.5 Å². The molecule has 1 N–H and O–H groups in total. The molecule has 0 fully saturated rings. The molecule has 0 aliphatic heterocycles. The minimum absolute atomic E-state index is 0. The molecule has 8 heteroatoms. The monoisotopic (exact) mass is 419 g/mol. The maximum absolute atomic E-state index is 6.19. The molecule has 2 heterocycles. The van der Waals surface area contributed by atoms with Gasteiger partial charge in [-0.1, -0.05) is 23.2 Å². The van der Waals surface area contributed by atoms with Gasteiger partial charge in [0.05, 0.1) is 17.9 Å². The van der Waals surface area contributed by atoms with Crippen molar-refractivity contribution >= 4 is 23.2 Å². The Kier molecular flexibility index (Phi) is 9.39. The molecule has 0 bridgehead atoms. The molecule has 4 nitrogen and oxygen atoms in total. The zero-order valence-electron chi connectivity index (χ0n) is 13.3. The van der Waals surface area contributed by atoms with E-state index in [4.69, 9.17) is 27.6 Å². The molecule has 0 saturated carbocycles. The van der Waals surface area contributed by atoms with E-state index in [1.165, 1.54) is 0 Å². The molecule has 2 aromatic heterocycles. The second-order valence-corrected chi connectivity index (χ2v) is 6.06. The third-order valence-electron chi connectivity index (χ3n) is 3.48. The Morgan fingerprint density at radius 2 is 1.96 bits per heavy atom. The van der Waals surface area contributed by atoms with E-state index < -0.39 is 0 Å². The summed E-state index contributed by atoms with van der Waals surface area (Å²) in [6.45, 7) is 2.54. The number of rotatable bonds is 7. The zero-order valence-corrected chi connectivity index (χ0v) is 16.3. The summed E-state index contributed by atoms with van der Waals surface area (Å²) in [6, 6.07) is 9.22. The van der Waals surface area contributed by atoms with Crippen LogP contribution < -0.4 is 30.1 Å². The van der Waals surface area contributed by atoms with Crippen LogP contribution in [0.2, 0.25) is 10.0 Å². The van der Waals surface area contributed by atoms with Gasteiger partial charge in [0.15, 0.2) is 0 Å². The zero-order chi connectivity index (χ0) is 16.1. The minimum atomic E-state index is 0. The van der Waals surface area contributed by atoms with Crippen molar-refractivity contribution in [3.63, 3.8) is 0 Å². The molecule has 0 unspecified atom stereocenters. The molecule has 0 atom stereocenters. The first-order valence-electron chi connectivity index (χ1n) is 7.43. The third kappa shape index (κ3) is 6.24. The van der Waals surface area contributed by atoms with Gasteiger partial charge in [-0.25, -0.2) is 4.98 Å². The number of imidazole rings is 1. The van der Waals surface area contributed by atoms with E-state index in [0.29, 0.717) is 16.6 Å². The molecular weight excluding hydrogens is 404 g/mol. The van der Waals surface area contributed by atoms with Gasteiger partial charge in [0.2, 0.25) is 0 Å². The first kappa shape index (κ1) is 21.9. The molecule has 0 aliphatic rings. The highest BCUT2D eigenvalue weighted by Gasteiger charge is 2.09. The topological polar surface area (TPSA) is 43.0 Å². The maximum Gasteiger partial charge on any atom is 0.135 e. The second-order valence-electron chi connectivity index (χ2n) is 5.22. The highest BCUT2D eigenvalue weighted by atomic mass is 35.5. The summed E-state index contributed by atoms with van der Waals surface area (Å²) >= 11 is 12.2. The van der Waals surface area contributed by atoms with E-state index in [2.05, 4.69) is 14.9 Å². The summed E-state index contributed by atoms with van der Waals surface area (Å²) in [4.78, 5) is 4.02. The summed E-state index contributed by atoms with van der Waals surface area (Å²) in [6.07, 6.45) is 6.61. The highest BCUT2D eigenvalue weighted by molar-refractivity contribution is 6.35. The van der Waals surface area contributed by atoms with Crippen LogP contribution in [0.3, 0.4) is 0 Å². The van der Waals surface area contributed by atoms with Crippen LogP contribution in [0.1, 0.15) is 12.2 Å². The lowest BCUT2D eigenvalue weighted by atomic mass is 10.2. The summed E-state index contributed by atoms with van der Waals surface area (Å²) in [7, 11) is 0. The van der Waals surface area contributed by atoms with Gasteiger partial charge in [-0.2, -0.15) is 0 Å². The molecule has 0 spiro atoms. The van der Waals surface area contributed by atoms with Crippen LogP contribution in [0.4, 0.5) is 0 Å². The SMILES string of the molecule is Clc1ccc(Cl)c(-c2ccc(CNCCCn3ccnc3)o2)c1.[Cl-].[Cl-]. The van der Waals surface area contributed by atoms with Gasteiger partial charge < -0.3 is 39.1 Å². The number of furan rings is 1.